The third-order valence-electron chi connectivity index (χ3n) is 5.92. The van der Waals surface area contributed by atoms with Crippen LogP contribution in [0.1, 0.15) is 26.8 Å². The summed E-state index contributed by atoms with van der Waals surface area (Å²) in [5.41, 5.74) is 1.38. The Morgan fingerprint density at radius 1 is 1.17 bits per heavy atom. The van der Waals surface area contributed by atoms with Crippen LogP contribution >= 0.6 is 22.9 Å². The monoisotopic (exact) mass is 516 g/mol. The van der Waals surface area contributed by atoms with E-state index in [0.717, 1.165) is 12.0 Å². The highest BCUT2D eigenvalue weighted by Crippen LogP contribution is 2.34. The van der Waals surface area contributed by atoms with Gasteiger partial charge >= 0.3 is 0 Å². The molecule has 1 unspecified atom stereocenters. The molecule has 3 aromatic rings. The van der Waals surface area contributed by atoms with Gasteiger partial charge in [0.1, 0.15) is 24.7 Å². The van der Waals surface area contributed by atoms with Crippen LogP contribution < -0.4 is 4.74 Å². The maximum Gasteiger partial charge on any atom is 0.255 e. The summed E-state index contributed by atoms with van der Waals surface area (Å²) in [6, 6.07) is 14.3. The van der Waals surface area contributed by atoms with Gasteiger partial charge in [0.2, 0.25) is 5.91 Å². The normalized spacial score (nSPS) is 14.9. The van der Waals surface area contributed by atoms with Crippen LogP contribution in [0.3, 0.4) is 0 Å². The number of hydrogen-bond donors (Lipinski definition) is 0. The average molecular weight is 517 g/mol. The largest absolute Gasteiger partial charge is 0.491 e. The number of hydrogen-bond acceptors (Lipinski definition) is 5. The zero-order valence-electron chi connectivity index (χ0n) is 19.3. The number of amides is 2. The highest BCUT2D eigenvalue weighted by molar-refractivity contribution is 7.10. The Bertz CT molecular complexity index is 1170. The van der Waals surface area contributed by atoms with Crippen LogP contribution in [0.2, 0.25) is 5.02 Å². The lowest BCUT2D eigenvalue weighted by Crippen LogP contribution is -2.48. The summed E-state index contributed by atoms with van der Waals surface area (Å²) >= 11 is 7.90. The Morgan fingerprint density at radius 3 is 2.69 bits per heavy atom. The van der Waals surface area contributed by atoms with Crippen LogP contribution in [0.4, 0.5) is 4.39 Å². The summed E-state index contributed by atoms with van der Waals surface area (Å²) in [7, 11) is 1.55. The third-order valence-corrected chi connectivity index (χ3v) is 7.25. The molecule has 0 fully saturated rings. The number of halogens is 2. The van der Waals surface area contributed by atoms with Gasteiger partial charge in [0, 0.05) is 25.1 Å². The Morgan fingerprint density at radius 2 is 1.94 bits per heavy atom. The van der Waals surface area contributed by atoms with Gasteiger partial charge < -0.3 is 19.3 Å². The topological polar surface area (TPSA) is 59.1 Å². The molecule has 0 saturated heterocycles. The zero-order valence-corrected chi connectivity index (χ0v) is 20.9. The van der Waals surface area contributed by atoms with Crippen molar-refractivity contribution < 1.29 is 23.5 Å². The molecule has 0 saturated carbocycles. The minimum absolute atomic E-state index is 0.111. The minimum atomic E-state index is -0.341. The van der Waals surface area contributed by atoms with Gasteiger partial charge in [-0.2, -0.15) is 0 Å². The van der Waals surface area contributed by atoms with Crippen LogP contribution in [-0.2, 0) is 16.0 Å². The lowest BCUT2D eigenvalue weighted by molar-refractivity contribution is -0.135. The van der Waals surface area contributed by atoms with E-state index in [1.807, 2.05) is 11.4 Å². The SMILES string of the molecule is COCCN(CC(=O)N1CCc2sccc2C1COc1ccc(F)cc1)C(=O)c1ccccc1Cl. The fraction of sp³-hybridized carbons (Fsp3) is 0.308. The van der Waals surface area contributed by atoms with E-state index in [0.29, 0.717) is 22.9 Å². The Labute approximate surface area is 212 Å². The summed E-state index contributed by atoms with van der Waals surface area (Å²) in [4.78, 5) is 31.2. The number of carbonyl (C=O) groups excluding carboxylic acids is 2. The van der Waals surface area contributed by atoms with Gasteiger partial charge in [-0.05, 0) is 59.8 Å². The number of thiophene rings is 1. The lowest BCUT2D eigenvalue weighted by atomic mass is 10.0. The van der Waals surface area contributed by atoms with Gasteiger partial charge in [0.25, 0.3) is 5.91 Å². The highest BCUT2D eigenvalue weighted by Gasteiger charge is 2.33. The van der Waals surface area contributed by atoms with Gasteiger partial charge in [-0.1, -0.05) is 23.7 Å². The van der Waals surface area contributed by atoms with Crippen molar-refractivity contribution in [2.24, 2.45) is 0 Å². The molecular weight excluding hydrogens is 491 g/mol. The summed E-state index contributed by atoms with van der Waals surface area (Å²) in [6.07, 6.45) is 0.738. The molecule has 0 radical (unpaired) electrons. The second kappa shape index (κ2) is 11.7. The first kappa shape index (κ1) is 25.2. The first-order valence-corrected chi connectivity index (χ1v) is 12.5. The van der Waals surface area contributed by atoms with E-state index in [-0.39, 0.29) is 50.0 Å². The number of ether oxygens (including phenoxy) is 2. The Kier molecular flexibility index (Phi) is 8.38. The van der Waals surface area contributed by atoms with Gasteiger partial charge in [-0.15, -0.1) is 11.3 Å². The van der Waals surface area contributed by atoms with Crippen LogP contribution in [0.15, 0.2) is 60.0 Å². The van der Waals surface area contributed by atoms with E-state index in [2.05, 4.69) is 0 Å². The number of nitrogens with zero attached hydrogens (tertiary/aromatic N) is 2. The number of carbonyl (C=O) groups is 2. The standard InChI is InChI=1S/C26H26ClFN2O4S/c1-33-14-13-29(26(32)20-4-2-3-5-22(20)27)16-25(31)30-12-10-24-21(11-15-35-24)23(30)17-34-19-8-6-18(28)7-9-19/h2-9,11,15,23H,10,12-14,16-17H2,1H3. The minimum Gasteiger partial charge on any atom is -0.491 e. The molecule has 9 heteroatoms. The number of rotatable bonds is 9. The smallest absolute Gasteiger partial charge is 0.255 e. The van der Waals surface area contributed by atoms with Crippen molar-refractivity contribution >= 4 is 34.8 Å². The molecular formula is C26H26ClFN2O4S. The van der Waals surface area contributed by atoms with Crippen LogP contribution in [0, 0.1) is 5.82 Å². The molecule has 2 heterocycles. The molecule has 1 aromatic heterocycles. The van der Waals surface area contributed by atoms with Crippen molar-refractivity contribution in [3.05, 3.63) is 86.8 Å². The van der Waals surface area contributed by atoms with E-state index in [9.17, 15) is 14.0 Å². The quantitative estimate of drug-likeness (QED) is 0.408. The molecule has 1 aliphatic rings. The number of methoxy groups -OCH3 is 1. The number of benzene rings is 2. The highest BCUT2D eigenvalue weighted by atomic mass is 35.5. The van der Waals surface area contributed by atoms with E-state index >= 15 is 0 Å². The molecule has 0 spiro atoms. The summed E-state index contributed by atoms with van der Waals surface area (Å²) < 4.78 is 24.4. The zero-order chi connectivity index (χ0) is 24.8. The van der Waals surface area contributed by atoms with Crippen molar-refractivity contribution in [2.45, 2.75) is 12.5 Å². The third kappa shape index (κ3) is 6.01. The first-order chi connectivity index (χ1) is 17.0. The van der Waals surface area contributed by atoms with Gasteiger partial charge in [0.15, 0.2) is 0 Å². The Balaban J connectivity index is 1.53. The van der Waals surface area contributed by atoms with Crippen LogP contribution in [0.25, 0.3) is 0 Å². The van der Waals surface area contributed by atoms with Crippen LogP contribution in [0.5, 0.6) is 5.75 Å². The molecule has 1 aliphatic heterocycles. The van der Waals surface area contributed by atoms with Crippen molar-refractivity contribution in [1.82, 2.24) is 9.80 Å². The molecule has 0 N–H and O–H groups in total. The predicted octanol–water partition coefficient (Wildman–Crippen LogP) is 4.83. The molecule has 1 atom stereocenters. The van der Waals surface area contributed by atoms with Crippen molar-refractivity contribution in [3.8, 4) is 5.75 Å². The summed E-state index contributed by atoms with van der Waals surface area (Å²) in [6.45, 7) is 1.16. The fourth-order valence-electron chi connectivity index (χ4n) is 4.09. The molecule has 0 aliphatic carbocycles. The first-order valence-electron chi connectivity index (χ1n) is 11.2. The molecule has 184 valence electrons. The van der Waals surface area contributed by atoms with Gasteiger partial charge in [-0.25, -0.2) is 4.39 Å². The predicted molar refractivity (Wildman–Crippen MR) is 134 cm³/mol. The molecule has 6 nitrogen and oxygen atoms in total. The molecule has 35 heavy (non-hydrogen) atoms. The van der Waals surface area contributed by atoms with Gasteiger partial charge in [0.05, 0.1) is 23.2 Å². The van der Waals surface area contributed by atoms with Crippen molar-refractivity contribution in [2.75, 3.05) is 40.0 Å². The van der Waals surface area contributed by atoms with Crippen molar-refractivity contribution in [3.63, 3.8) is 0 Å². The Hall–Kier alpha value is -2.94. The number of fused-ring (bicyclic) bond motifs is 1. The second-order valence-electron chi connectivity index (χ2n) is 8.12. The van der Waals surface area contributed by atoms with E-state index in [1.165, 1.54) is 21.9 Å². The maximum absolute atomic E-state index is 13.5. The van der Waals surface area contributed by atoms with E-state index in [4.69, 9.17) is 21.1 Å². The molecule has 4 rings (SSSR count). The summed E-state index contributed by atoms with van der Waals surface area (Å²) in [5.74, 6) is -0.331. The van der Waals surface area contributed by atoms with Crippen molar-refractivity contribution in [1.29, 1.82) is 0 Å². The van der Waals surface area contributed by atoms with E-state index < -0.39 is 0 Å². The molecule has 0 bridgehead atoms. The lowest BCUT2D eigenvalue weighted by Gasteiger charge is -2.37. The van der Waals surface area contributed by atoms with E-state index in [1.54, 1.807) is 59.7 Å². The summed E-state index contributed by atoms with van der Waals surface area (Å²) in [5, 5.41) is 2.34. The second-order valence-corrected chi connectivity index (χ2v) is 9.52. The average Bonchev–Trinajstić information content (AvgIpc) is 3.35. The van der Waals surface area contributed by atoms with Crippen LogP contribution in [-0.4, -0.2) is 61.6 Å². The molecule has 2 aromatic carbocycles. The fourth-order valence-corrected chi connectivity index (χ4v) is 5.24. The maximum atomic E-state index is 13.5. The molecule has 2 amide bonds. The van der Waals surface area contributed by atoms with Gasteiger partial charge in [-0.3, -0.25) is 9.59 Å².